The summed E-state index contributed by atoms with van der Waals surface area (Å²) in [7, 11) is 0. The molecule has 7 heteroatoms. The molecule has 2 amide bonds. The van der Waals surface area contributed by atoms with E-state index < -0.39 is 0 Å². The number of thiazole rings is 1. The van der Waals surface area contributed by atoms with Crippen molar-refractivity contribution in [2.45, 2.75) is 0 Å². The number of carbonyl (C=O) groups is 1. The summed E-state index contributed by atoms with van der Waals surface area (Å²) >= 11 is 7.75. The zero-order valence-electron chi connectivity index (χ0n) is 13.5. The van der Waals surface area contributed by atoms with Crippen LogP contribution >= 0.6 is 22.9 Å². The molecule has 2 aromatic carbocycles. The van der Waals surface area contributed by atoms with E-state index in [1.165, 1.54) is 11.3 Å². The Morgan fingerprint density at radius 2 is 1.76 bits per heavy atom. The van der Waals surface area contributed by atoms with Gasteiger partial charge in [0.1, 0.15) is 0 Å². The Morgan fingerprint density at radius 3 is 2.52 bits per heavy atom. The predicted molar refractivity (Wildman–Crippen MR) is 104 cm³/mol. The Morgan fingerprint density at radius 1 is 1.04 bits per heavy atom. The van der Waals surface area contributed by atoms with Gasteiger partial charge in [0.05, 0.1) is 20.9 Å². The van der Waals surface area contributed by atoms with Crippen LogP contribution in [0.25, 0.3) is 10.2 Å². The minimum atomic E-state index is -0.0992. The van der Waals surface area contributed by atoms with Crippen LogP contribution in [0.2, 0.25) is 5.02 Å². The normalized spacial score (nSPS) is 14.8. The molecular weight excluding hydrogens is 356 g/mol. The van der Waals surface area contributed by atoms with Crippen molar-refractivity contribution >= 4 is 50.0 Å². The van der Waals surface area contributed by atoms with Gasteiger partial charge < -0.3 is 9.80 Å². The van der Waals surface area contributed by atoms with Gasteiger partial charge in [0.25, 0.3) is 0 Å². The number of anilines is 2. The highest BCUT2D eigenvalue weighted by Gasteiger charge is 2.23. The quantitative estimate of drug-likeness (QED) is 0.729. The van der Waals surface area contributed by atoms with Crippen LogP contribution in [0.15, 0.2) is 48.5 Å². The molecule has 0 spiro atoms. The smallest absolute Gasteiger partial charge is 0.323 e. The number of carbonyl (C=O) groups excluding carboxylic acids is 1. The van der Waals surface area contributed by atoms with Gasteiger partial charge in [0, 0.05) is 26.2 Å². The van der Waals surface area contributed by atoms with Crippen LogP contribution in [-0.4, -0.2) is 42.1 Å². The van der Waals surface area contributed by atoms with Crippen LogP contribution < -0.4 is 10.2 Å². The zero-order chi connectivity index (χ0) is 17.2. The number of halogens is 1. The first kappa shape index (κ1) is 16.2. The second-order valence-electron chi connectivity index (χ2n) is 5.84. The van der Waals surface area contributed by atoms with E-state index in [0.29, 0.717) is 18.2 Å². The maximum absolute atomic E-state index is 12.5. The summed E-state index contributed by atoms with van der Waals surface area (Å²) in [6, 6.07) is 15.6. The molecule has 4 rings (SSSR count). The lowest BCUT2D eigenvalue weighted by molar-refractivity contribution is 0.208. The zero-order valence-corrected chi connectivity index (χ0v) is 15.1. The molecule has 1 saturated heterocycles. The summed E-state index contributed by atoms with van der Waals surface area (Å²) in [4.78, 5) is 21.0. The van der Waals surface area contributed by atoms with Crippen LogP contribution in [0, 0.1) is 0 Å². The van der Waals surface area contributed by atoms with Gasteiger partial charge >= 0.3 is 6.03 Å². The summed E-state index contributed by atoms with van der Waals surface area (Å²) in [5, 5.41) is 4.30. The predicted octanol–water partition coefficient (Wildman–Crippen LogP) is 4.30. The van der Waals surface area contributed by atoms with E-state index in [4.69, 9.17) is 11.6 Å². The molecule has 5 nitrogen and oxygen atoms in total. The molecule has 1 aliphatic heterocycles. The van der Waals surface area contributed by atoms with Crippen molar-refractivity contribution in [1.29, 1.82) is 0 Å². The van der Waals surface area contributed by atoms with Crippen molar-refractivity contribution in [3.8, 4) is 0 Å². The third-order valence-corrected chi connectivity index (χ3v) is 5.54. The van der Waals surface area contributed by atoms with E-state index in [9.17, 15) is 4.79 Å². The molecule has 128 valence electrons. The number of aromatic nitrogens is 1. The Labute approximate surface area is 154 Å². The molecule has 1 aromatic heterocycles. The number of benzene rings is 2. The number of nitrogens with zero attached hydrogens (tertiary/aromatic N) is 3. The van der Waals surface area contributed by atoms with E-state index in [2.05, 4.69) is 15.2 Å². The number of amides is 2. The summed E-state index contributed by atoms with van der Waals surface area (Å²) in [5.74, 6) is 0. The lowest BCUT2D eigenvalue weighted by Crippen LogP contribution is -2.50. The molecule has 2 heterocycles. The summed E-state index contributed by atoms with van der Waals surface area (Å²) in [6.07, 6.45) is 0. The van der Waals surface area contributed by atoms with Crippen LogP contribution in [-0.2, 0) is 0 Å². The SMILES string of the molecule is O=C(Nc1nc2ccccc2s1)N1CCN(c2ccccc2Cl)CC1. The molecule has 1 N–H and O–H groups in total. The molecule has 0 atom stereocenters. The van der Waals surface area contributed by atoms with Crippen LogP contribution in [0.1, 0.15) is 0 Å². The van der Waals surface area contributed by atoms with Gasteiger partial charge in [-0.3, -0.25) is 5.32 Å². The van der Waals surface area contributed by atoms with E-state index in [0.717, 1.165) is 34.0 Å². The minimum absolute atomic E-state index is 0.0992. The van der Waals surface area contributed by atoms with Gasteiger partial charge in [-0.25, -0.2) is 9.78 Å². The van der Waals surface area contributed by atoms with Crippen LogP contribution in [0.3, 0.4) is 0 Å². The number of urea groups is 1. The van der Waals surface area contributed by atoms with E-state index in [-0.39, 0.29) is 6.03 Å². The third kappa shape index (κ3) is 3.41. The number of para-hydroxylation sites is 2. The van der Waals surface area contributed by atoms with Gasteiger partial charge in [0.2, 0.25) is 0 Å². The largest absolute Gasteiger partial charge is 0.367 e. The second-order valence-corrected chi connectivity index (χ2v) is 7.28. The molecule has 0 radical (unpaired) electrons. The first-order chi connectivity index (χ1) is 12.2. The fourth-order valence-electron chi connectivity index (χ4n) is 2.95. The van der Waals surface area contributed by atoms with Crippen molar-refractivity contribution in [3.05, 3.63) is 53.6 Å². The summed E-state index contributed by atoms with van der Waals surface area (Å²) < 4.78 is 1.07. The van der Waals surface area contributed by atoms with Crippen LogP contribution in [0.4, 0.5) is 15.6 Å². The first-order valence-corrected chi connectivity index (χ1v) is 9.31. The Kier molecular flexibility index (Phi) is 4.46. The molecule has 0 aliphatic carbocycles. The molecular formula is C18H17ClN4OS. The highest BCUT2D eigenvalue weighted by atomic mass is 35.5. The van der Waals surface area contributed by atoms with E-state index >= 15 is 0 Å². The van der Waals surface area contributed by atoms with Crippen molar-refractivity contribution in [2.24, 2.45) is 0 Å². The average molecular weight is 373 g/mol. The van der Waals surface area contributed by atoms with Gasteiger partial charge in [-0.1, -0.05) is 47.2 Å². The number of nitrogens with one attached hydrogen (secondary N) is 1. The maximum Gasteiger partial charge on any atom is 0.323 e. The number of fused-ring (bicyclic) bond motifs is 1. The van der Waals surface area contributed by atoms with Gasteiger partial charge in [-0.2, -0.15) is 0 Å². The van der Waals surface area contributed by atoms with Gasteiger partial charge in [-0.15, -0.1) is 0 Å². The van der Waals surface area contributed by atoms with Crippen molar-refractivity contribution in [2.75, 3.05) is 36.4 Å². The lowest BCUT2D eigenvalue weighted by atomic mass is 10.2. The fourth-order valence-corrected chi connectivity index (χ4v) is 4.07. The minimum Gasteiger partial charge on any atom is -0.367 e. The number of hydrogen-bond acceptors (Lipinski definition) is 4. The maximum atomic E-state index is 12.5. The molecule has 25 heavy (non-hydrogen) atoms. The van der Waals surface area contributed by atoms with Crippen molar-refractivity contribution in [1.82, 2.24) is 9.88 Å². The van der Waals surface area contributed by atoms with E-state index in [1.807, 2.05) is 53.4 Å². The standard InChI is InChI=1S/C18H17ClN4OS/c19-13-5-1-3-7-15(13)22-9-11-23(12-10-22)18(24)21-17-20-14-6-2-4-8-16(14)25-17/h1-8H,9-12H2,(H,20,21,24). The highest BCUT2D eigenvalue weighted by Crippen LogP contribution is 2.27. The molecule has 1 aliphatic rings. The lowest BCUT2D eigenvalue weighted by Gasteiger charge is -2.36. The number of piperazine rings is 1. The Bertz CT molecular complexity index is 872. The third-order valence-electron chi connectivity index (χ3n) is 4.27. The number of hydrogen-bond donors (Lipinski definition) is 1. The molecule has 0 bridgehead atoms. The molecule has 0 saturated carbocycles. The topological polar surface area (TPSA) is 48.5 Å². The van der Waals surface area contributed by atoms with Crippen molar-refractivity contribution in [3.63, 3.8) is 0 Å². The average Bonchev–Trinajstić information content (AvgIpc) is 3.04. The molecule has 3 aromatic rings. The van der Waals surface area contributed by atoms with Gasteiger partial charge in [0.15, 0.2) is 5.13 Å². The van der Waals surface area contributed by atoms with Gasteiger partial charge in [-0.05, 0) is 24.3 Å². The second kappa shape index (κ2) is 6.90. The van der Waals surface area contributed by atoms with Crippen molar-refractivity contribution < 1.29 is 4.79 Å². The Balaban J connectivity index is 1.39. The summed E-state index contributed by atoms with van der Waals surface area (Å²) in [5.41, 5.74) is 1.93. The fraction of sp³-hybridized carbons (Fsp3) is 0.222. The highest BCUT2D eigenvalue weighted by molar-refractivity contribution is 7.22. The molecule has 0 unspecified atom stereocenters. The first-order valence-electron chi connectivity index (χ1n) is 8.12. The Hall–Kier alpha value is -2.31. The van der Waals surface area contributed by atoms with E-state index in [1.54, 1.807) is 0 Å². The monoisotopic (exact) mass is 372 g/mol. The van der Waals surface area contributed by atoms with Crippen LogP contribution in [0.5, 0.6) is 0 Å². The number of rotatable bonds is 2. The summed E-state index contributed by atoms with van der Waals surface area (Å²) in [6.45, 7) is 2.83. The molecule has 1 fully saturated rings.